The second-order valence-corrected chi connectivity index (χ2v) is 7.68. The molecule has 0 radical (unpaired) electrons. The van der Waals surface area contributed by atoms with Crippen molar-refractivity contribution in [1.29, 1.82) is 0 Å². The van der Waals surface area contributed by atoms with Crippen LogP contribution in [-0.2, 0) is 0 Å². The number of benzene rings is 2. The van der Waals surface area contributed by atoms with Crippen LogP contribution in [0.15, 0.2) is 49.8 Å². The quantitative estimate of drug-likeness (QED) is 0.395. The van der Waals surface area contributed by atoms with E-state index in [4.69, 9.17) is 4.74 Å². The van der Waals surface area contributed by atoms with E-state index in [0.717, 1.165) is 24.7 Å². The third-order valence-corrected chi connectivity index (χ3v) is 5.68. The van der Waals surface area contributed by atoms with Crippen molar-refractivity contribution in [2.75, 3.05) is 6.61 Å². The predicted molar refractivity (Wildman–Crippen MR) is 97.9 cm³/mol. The molecule has 0 aliphatic rings. The summed E-state index contributed by atoms with van der Waals surface area (Å²) in [6, 6.07) is 12.2. The van der Waals surface area contributed by atoms with Gasteiger partial charge in [0.1, 0.15) is 5.75 Å². The van der Waals surface area contributed by atoms with Gasteiger partial charge in [0.25, 0.3) is 0 Å². The highest BCUT2D eigenvalue weighted by atomic mass is 79.9. The fraction of sp³-hybridized carbons (Fsp3) is 0.200. The highest BCUT2D eigenvalue weighted by molar-refractivity contribution is 9.11. The van der Waals surface area contributed by atoms with Crippen molar-refractivity contribution in [3.8, 4) is 5.75 Å². The van der Waals surface area contributed by atoms with E-state index in [1.165, 1.54) is 5.56 Å². The molecule has 2 rings (SSSR count). The van der Waals surface area contributed by atoms with Crippen molar-refractivity contribution in [2.45, 2.75) is 11.8 Å². The van der Waals surface area contributed by atoms with Crippen LogP contribution in [0.3, 0.4) is 0 Å². The fourth-order valence-corrected chi connectivity index (χ4v) is 4.68. The largest absolute Gasteiger partial charge is 0.494 e. The van der Waals surface area contributed by atoms with Gasteiger partial charge >= 0.3 is 0 Å². The van der Waals surface area contributed by atoms with Crippen molar-refractivity contribution in [3.63, 3.8) is 0 Å². The number of halogens is 4. The summed E-state index contributed by atoms with van der Waals surface area (Å²) in [5.41, 5.74) is 2.33. The van der Waals surface area contributed by atoms with E-state index in [2.05, 4.69) is 75.9 Å². The number of hydrogen-bond donors (Lipinski definition) is 0. The van der Waals surface area contributed by atoms with Crippen molar-refractivity contribution in [1.82, 2.24) is 0 Å². The molecule has 0 aromatic heterocycles. The van der Waals surface area contributed by atoms with Crippen molar-refractivity contribution in [2.24, 2.45) is 0 Å². The smallest absolute Gasteiger partial charge is 0.120 e. The van der Waals surface area contributed by atoms with Crippen LogP contribution in [0.4, 0.5) is 0 Å². The lowest BCUT2D eigenvalue weighted by molar-refractivity contribution is 0.340. The van der Waals surface area contributed by atoms with Gasteiger partial charge in [0.15, 0.2) is 0 Å². The molecule has 0 heterocycles. The highest BCUT2D eigenvalue weighted by Gasteiger charge is 2.17. The van der Waals surface area contributed by atoms with E-state index >= 15 is 0 Å². The highest BCUT2D eigenvalue weighted by Crippen LogP contribution is 2.40. The average molecular weight is 528 g/mol. The first-order valence-corrected chi connectivity index (χ1v) is 9.33. The van der Waals surface area contributed by atoms with E-state index in [1.807, 2.05) is 31.2 Å². The Hall–Kier alpha value is 0.160. The topological polar surface area (TPSA) is 9.23 Å². The van der Waals surface area contributed by atoms with Crippen LogP contribution in [0, 0.1) is 0 Å². The minimum Gasteiger partial charge on any atom is -0.494 e. The third-order valence-electron chi connectivity index (χ3n) is 2.79. The second kappa shape index (κ2) is 7.43. The van der Waals surface area contributed by atoms with Crippen molar-refractivity contribution < 1.29 is 4.74 Å². The molecule has 5 heteroatoms. The lowest BCUT2D eigenvalue weighted by Crippen LogP contribution is -1.97. The van der Waals surface area contributed by atoms with Crippen LogP contribution < -0.4 is 4.74 Å². The molecule has 2 aromatic rings. The summed E-state index contributed by atoms with van der Waals surface area (Å²) < 4.78 is 8.66. The molecule has 106 valence electrons. The zero-order valence-corrected chi connectivity index (χ0v) is 17.0. The Bertz CT molecular complexity index is 613. The molecular formula is C15H12Br4O. The summed E-state index contributed by atoms with van der Waals surface area (Å²) in [6.45, 7) is 2.65. The van der Waals surface area contributed by atoms with Crippen LogP contribution >= 0.6 is 63.7 Å². The summed E-state index contributed by atoms with van der Waals surface area (Å²) in [5.74, 6) is 0.871. The molecule has 0 spiro atoms. The number of hydrogen-bond acceptors (Lipinski definition) is 1. The molecule has 0 bridgehead atoms. The van der Waals surface area contributed by atoms with Gasteiger partial charge < -0.3 is 4.74 Å². The minimum absolute atomic E-state index is 0.0967. The van der Waals surface area contributed by atoms with Gasteiger partial charge in [-0.3, -0.25) is 0 Å². The lowest BCUT2D eigenvalue weighted by atomic mass is 10.0. The van der Waals surface area contributed by atoms with Crippen LogP contribution in [0.5, 0.6) is 5.75 Å². The summed E-state index contributed by atoms with van der Waals surface area (Å²) >= 11 is 14.5. The predicted octanol–water partition coefficient (Wildman–Crippen LogP) is 6.86. The van der Waals surface area contributed by atoms with E-state index in [-0.39, 0.29) is 4.83 Å². The molecular weight excluding hydrogens is 516 g/mol. The van der Waals surface area contributed by atoms with E-state index in [0.29, 0.717) is 6.61 Å². The molecule has 0 aliphatic heterocycles. The van der Waals surface area contributed by atoms with Crippen LogP contribution in [0.25, 0.3) is 0 Å². The summed E-state index contributed by atoms with van der Waals surface area (Å²) in [5, 5.41) is 0. The van der Waals surface area contributed by atoms with Crippen LogP contribution in [-0.4, -0.2) is 6.61 Å². The molecule has 1 atom stereocenters. The van der Waals surface area contributed by atoms with Gasteiger partial charge in [-0.2, -0.15) is 0 Å². The maximum atomic E-state index is 5.51. The average Bonchev–Trinajstić information content (AvgIpc) is 2.41. The molecule has 0 N–H and O–H groups in total. The molecule has 0 aliphatic carbocycles. The molecule has 1 unspecified atom stereocenters. The van der Waals surface area contributed by atoms with Gasteiger partial charge in [0.05, 0.1) is 11.4 Å². The minimum atomic E-state index is 0.0967. The van der Waals surface area contributed by atoms with Gasteiger partial charge in [0.2, 0.25) is 0 Å². The molecule has 1 nitrogen and oxygen atoms in total. The Morgan fingerprint density at radius 1 is 0.950 bits per heavy atom. The number of rotatable bonds is 4. The fourth-order valence-electron chi connectivity index (χ4n) is 1.85. The Balaban J connectivity index is 2.38. The maximum Gasteiger partial charge on any atom is 0.120 e. The molecule has 0 saturated carbocycles. The SMILES string of the molecule is CCOc1ccc(C(Br)c2cc(Br)ccc2Br)c(Br)c1. The number of ether oxygens (including phenoxy) is 1. The van der Waals surface area contributed by atoms with Crippen molar-refractivity contribution >= 4 is 63.7 Å². The van der Waals surface area contributed by atoms with E-state index in [9.17, 15) is 0 Å². The first-order valence-electron chi connectivity index (χ1n) is 6.04. The Labute approximate surface area is 152 Å². The van der Waals surface area contributed by atoms with Crippen LogP contribution in [0.1, 0.15) is 22.9 Å². The van der Waals surface area contributed by atoms with Gasteiger partial charge in [-0.25, -0.2) is 0 Å². The lowest BCUT2D eigenvalue weighted by Gasteiger charge is -2.16. The first kappa shape index (κ1) is 16.5. The maximum absolute atomic E-state index is 5.51. The van der Waals surface area contributed by atoms with Gasteiger partial charge in [0, 0.05) is 13.4 Å². The molecule has 0 fully saturated rings. The molecule has 2 aromatic carbocycles. The Morgan fingerprint density at radius 2 is 1.70 bits per heavy atom. The first-order chi connectivity index (χ1) is 9.52. The Kier molecular flexibility index (Phi) is 6.14. The molecule has 20 heavy (non-hydrogen) atoms. The zero-order chi connectivity index (χ0) is 14.7. The van der Waals surface area contributed by atoms with E-state index < -0.39 is 0 Å². The third kappa shape index (κ3) is 3.87. The van der Waals surface area contributed by atoms with Gasteiger partial charge in [-0.15, -0.1) is 0 Å². The monoisotopic (exact) mass is 524 g/mol. The summed E-state index contributed by atoms with van der Waals surface area (Å²) in [6.07, 6.45) is 0. The van der Waals surface area contributed by atoms with Crippen molar-refractivity contribution in [3.05, 3.63) is 60.9 Å². The number of alkyl halides is 1. The summed E-state index contributed by atoms with van der Waals surface area (Å²) in [4.78, 5) is 0.0967. The van der Waals surface area contributed by atoms with Gasteiger partial charge in [-0.05, 0) is 48.4 Å². The van der Waals surface area contributed by atoms with Crippen LogP contribution in [0.2, 0.25) is 0 Å². The van der Waals surface area contributed by atoms with E-state index in [1.54, 1.807) is 0 Å². The van der Waals surface area contributed by atoms with Gasteiger partial charge in [-0.1, -0.05) is 69.8 Å². The molecule has 0 amide bonds. The zero-order valence-electron chi connectivity index (χ0n) is 10.7. The standard InChI is InChI=1S/C15H12Br4O/c1-2-20-10-4-5-11(14(18)8-10)15(19)12-7-9(16)3-6-13(12)17/h3-8,15H,2H2,1H3. The second-order valence-electron chi connectivity index (χ2n) is 4.14. The normalized spacial score (nSPS) is 12.2. The molecule has 0 saturated heterocycles. The Morgan fingerprint density at radius 3 is 2.35 bits per heavy atom. The summed E-state index contributed by atoms with van der Waals surface area (Å²) in [7, 11) is 0.